The molecule has 0 unspecified atom stereocenters. The minimum absolute atomic E-state index is 0.251. The summed E-state index contributed by atoms with van der Waals surface area (Å²) in [5.74, 6) is 0.340. The van der Waals surface area contributed by atoms with Gasteiger partial charge in [-0.1, -0.05) is 55.1 Å². The Balaban J connectivity index is 0.000000633. The lowest BCUT2D eigenvalue weighted by atomic mass is 10.2. The molecule has 2 rings (SSSR count). The molecule has 0 aromatic heterocycles. The van der Waals surface area contributed by atoms with Gasteiger partial charge in [-0.2, -0.15) is 0 Å². The van der Waals surface area contributed by atoms with Crippen LogP contribution in [0.15, 0.2) is 72.8 Å². The van der Waals surface area contributed by atoms with Gasteiger partial charge in [0.15, 0.2) is 0 Å². The van der Waals surface area contributed by atoms with E-state index in [2.05, 4.69) is 11.3 Å². The maximum Gasteiger partial charge on any atom is 0.514 e. The highest BCUT2D eigenvalue weighted by molar-refractivity contribution is 5.86. The molecule has 0 saturated carbocycles. The van der Waals surface area contributed by atoms with Crippen LogP contribution < -0.4 is 4.74 Å². The molecule has 0 heterocycles. The van der Waals surface area contributed by atoms with Gasteiger partial charge in [-0.15, -0.1) is 0 Å². The zero-order valence-corrected chi connectivity index (χ0v) is 19.1. The zero-order valence-electron chi connectivity index (χ0n) is 19.1. The number of rotatable bonds is 5. The molecule has 0 radical (unpaired) electrons. The average molecular weight is 439 g/mol. The van der Waals surface area contributed by atoms with E-state index in [1.165, 1.54) is 7.11 Å². The maximum atomic E-state index is 11.6. The molecular weight excluding hydrogens is 408 g/mol. The standard InChI is InChI=1S/C21H22O4.C5H8O2/c1-21(2,3)25-20(23)24-19-14-10-17(11-15-19)7-5-4-6-16-8-12-18(22)13-9-16;1-4(2)5(6)7-3/h4-15,22H,1-3H3;1H2,2-3H3. The van der Waals surface area contributed by atoms with Crippen molar-refractivity contribution in [1.29, 1.82) is 0 Å². The lowest BCUT2D eigenvalue weighted by Gasteiger charge is -2.18. The molecule has 0 bridgehead atoms. The highest BCUT2D eigenvalue weighted by atomic mass is 16.7. The minimum Gasteiger partial charge on any atom is -0.508 e. The fourth-order valence-corrected chi connectivity index (χ4v) is 2.11. The van der Waals surface area contributed by atoms with Gasteiger partial charge in [-0.3, -0.25) is 0 Å². The van der Waals surface area contributed by atoms with Gasteiger partial charge in [0.05, 0.1) is 7.11 Å². The minimum atomic E-state index is -0.715. The Bertz CT molecular complexity index is 945. The van der Waals surface area contributed by atoms with E-state index in [9.17, 15) is 14.7 Å². The van der Waals surface area contributed by atoms with Crippen LogP contribution in [0.1, 0.15) is 38.8 Å². The molecule has 170 valence electrons. The van der Waals surface area contributed by atoms with E-state index in [-0.39, 0.29) is 11.7 Å². The number of carbonyl (C=O) groups excluding carboxylic acids is 2. The van der Waals surface area contributed by atoms with Crippen molar-refractivity contribution >= 4 is 24.3 Å². The summed E-state index contributed by atoms with van der Waals surface area (Å²) in [5.41, 5.74) is 1.84. The van der Waals surface area contributed by atoms with Gasteiger partial charge in [-0.25, -0.2) is 9.59 Å². The Morgan fingerprint density at radius 1 is 0.906 bits per heavy atom. The molecule has 2 aromatic rings. The van der Waals surface area contributed by atoms with Crippen molar-refractivity contribution in [1.82, 2.24) is 0 Å². The molecule has 1 N–H and O–H groups in total. The van der Waals surface area contributed by atoms with Crippen LogP contribution in [0.3, 0.4) is 0 Å². The van der Waals surface area contributed by atoms with Crippen LogP contribution in [0.4, 0.5) is 4.79 Å². The molecule has 0 atom stereocenters. The van der Waals surface area contributed by atoms with Gasteiger partial charge < -0.3 is 19.3 Å². The van der Waals surface area contributed by atoms with Crippen molar-refractivity contribution < 1.29 is 28.9 Å². The van der Waals surface area contributed by atoms with E-state index in [1.807, 2.05) is 48.6 Å². The number of benzene rings is 2. The summed E-state index contributed by atoms with van der Waals surface area (Å²) < 4.78 is 14.5. The molecule has 0 amide bonds. The van der Waals surface area contributed by atoms with Crippen LogP contribution in [-0.4, -0.2) is 29.9 Å². The first-order valence-corrected chi connectivity index (χ1v) is 9.88. The number of carbonyl (C=O) groups is 2. The number of methoxy groups -OCH3 is 1. The molecule has 32 heavy (non-hydrogen) atoms. The molecular formula is C26H30O6. The van der Waals surface area contributed by atoms with Crippen LogP contribution in [0, 0.1) is 0 Å². The topological polar surface area (TPSA) is 82.1 Å². The largest absolute Gasteiger partial charge is 0.514 e. The Hall–Kier alpha value is -3.80. The SMILES string of the molecule is C=C(C)C(=O)OC.CC(C)(C)OC(=O)Oc1ccc(C=CC=Cc2ccc(O)cc2)cc1. The summed E-state index contributed by atoms with van der Waals surface area (Å²) in [6.45, 7) is 10.3. The second kappa shape index (κ2) is 12.8. The quantitative estimate of drug-likeness (QED) is 0.260. The number of phenols is 1. The van der Waals surface area contributed by atoms with Crippen molar-refractivity contribution in [3.05, 3.63) is 84.0 Å². The Labute approximate surface area is 189 Å². The average Bonchev–Trinajstić information content (AvgIpc) is 2.72. The van der Waals surface area contributed by atoms with Gasteiger partial charge in [-0.05, 0) is 63.1 Å². The number of ether oxygens (including phenoxy) is 3. The van der Waals surface area contributed by atoms with Crippen LogP contribution in [0.25, 0.3) is 12.2 Å². The highest BCUT2D eigenvalue weighted by Crippen LogP contribution is 2.16. The van der Waals surface area contributed by atoms with Gasteiger partial charge in [0, 0.05) is 5.57 Å². The third kappa shape index (κ3) is 11.4. The molecule has 6 heteroatoms. The smallest absolute Gasteiger partial charge is 0.508 e. The van der Waals surface area contributed by atoms with Crippen molar-refractivity contribution in [2.75, 3.05) is 7.11 Å². The van der Waals surface area contributed by atoms with Crippen LogP contribution in [0.2, 0.25) is 0 Å². The second-order valence-electron chi connectivity index (χ2n) is 7.72. The fraction of sp³-hybridized carbons (Fsp3) is 0.231. The Morgan fingerprint density at radius 2 is 1.38 bits per heavy atom. The summed E-state index contributed by atoms with van der Waals surface area (Å²) in [6.07, 6.45) is 6.99. The van der Waals surface area contributed by atoms with Crippen molar-refractivity contribution in [3.8, 4) is 11.5 Å². The number of hydrogen-bond acceptors (Lipinski definition) is 6. The molecule has 6 nitrogen and oxygen atoms in total. The maximum absolute atomic E-state index is 11.6. The zero-order chi connectivity index (χ0) is 24.1. The number of allylic oxidation sites excluding steroid dienone is 2. The normalized spacial score (nSPS) is 10.9. The van der Waals surface area contributed by atoms with Crippen molar-refractivity contribution in [3.63, 3.8) is 0 Å². The van der Waals surface area contributed by atoms with E-state index in [4.69, 9.17) is 9.47 Å². The molecule has 0 aliphatic rings. The number of phenolic OH excluding ortho intramolecular Hbond substituents is 1. The molecule has 0 saturated heterocycles. The van der Waals surface area contributed by atoms with Gasteiger partial charge in [0.2, 0.25) is 0 Å². The third-order valence-corrected chi connectivity index (χ3v) is 3.59. The lowest BCUT2D eigenvalue weighted by Crippen LogP contribution is -2.25. The first-order chi connectivity index (χ1) is 15.0. The molecule has 0 aliphatic heterocycles. The van der Waals surface area contributed by atoms with E-state index in [0.29, 0.717) is 11.3 Å². The summed E-state index contributed by atoms with van der Waals surface area (Å²) in [6, 6.07) is 14.1. The summed E-state index contributed by atoms with van der Waals surface area (Å²) in [4.78, 5) is 21.8. The van der Waals surface area contributed by atoms with E-state index in [0.717, 1.165) is 11.1 Å². The van der Waals surface area contributed by atoms with Gasteiger partial charge in [0.25, 0.3) is 0 Å². The predicted molar refractivity (Wildman–Crippen MR) is 126 cm³/mol. The first-order valence-electron chi connectivity index (χ1n) is 9.88. The fourth-order valence-electron chi connectivity index (χ4n) is 2.11. The van der Waals surface area contributed by atoms with Gasteiger partial charge >= 0.3 is 12.1 Å². The Morgan fingerprint density at radius 3 is 1.75 bits per heavy atom. The first kappa shape index (κ1) is 26.2. The number of esters is 1. The van der Waals surface area contributed by atoms with Crippen LogP contribution in [-0.2, 0) is 14.3 Å². The van der Waals surface area contributed by atoms with E-state index in [1.54, 1.807) is 52.0 Å². The van der Waals surface area contributed by atoms with E-state index < -0.39 is 11.8 Å². The summed E-state index contributed by atoms with van der Waals surface area (Å²) >= 11 is 0. The molecule has 0 spiro atoms. The second-order valence-corrected chi connectivity index (χ2v) is 7.72. The van der Waals surface area contributed by atoms with Crippen molar-refractivity contribution in [2.24, 2.45) is 0 Å². The Kier molecular flexibility index (Phi) is 10.5. The van der Waals surface area contributed by atoms with E-state index >= 15 is 0 Å². The molecule has 0 aliphatic carbocycles. The summed E-state index contributed by atoms with van der Waals surface area (Å²) in [5, 5.41) is 9.23. The molecule has 2 aromatic carbocycles. The lowest BCUT2D eigenvalue weighted by molar-refractivity contribution is -0.136. The van der Waals surface area contributed by atoms with Gasteiger partial charge in [0.1, 0.15) is 17.1 Å². The molecule has 0 fully saturated rings. The number of aromatic hydroxyl groups is 1. The monoisotopic (exact) mass is 438 g/mol. The van der Waals surface area contributed by atoms with Crippen LogP contribution in [0.5, 0.6) is 11.5 Å². The number of hydrogen-bond donors (Lipinski definition) is 1. The highest BCUT2D eigenvalue weighted by Gasteiger charge is 2.17. The summed E-state index contributed by atoms with van der Waals surface area (Å²) in [7, 11) is 1.33. The predicted octanol–water partition coefficient (Wildman–Crippen LogP) is 6.17. The van der Waals surface area contributed by atoms with Crippen molar-refractivity contribution in [2.45, 2.75) is 33.3 Å². The third-order valence-electron chi connectivity index (χ3n) is 3.59. The van der Waals surface area contributed by atoms with Crippen LogP contribution >= 0.6 is 0 Å².